The third kappa shape index (κ3) is 2.81. The second kappa shape index (κ2) is 5.56. The van der Waals surface area contributed by atoms with Crippen molar-refractivity contribution < 1.29 is 5.11 Å². The highest BCUT2D eigenvalue weighted by Crippen LogP contribution is 2.23. The smallest absolute Gasteiger partial charge is 0.0681 e. The van der Waals surface area contributed by atoms with Gasteiger partial charge in [-0.15, -0.1) is 0 Å². The van der Waals surface area contributed by atoms with Crippen molar-refractivity contribution in [3.05, 3.63) is 59.2 Å². The predicted octanol–water partition coefficient (Wildman–Crippen LogP) is 2.68. The minimum absolute atomic E-state index is 0.0818. The Balaban J connectivity index is 2.06. The lowest BCUT2D eigenvalue weighted by atomic mass is 10.1. The summed E-state index contributed by atoms with van der Waals surface area (Å²) in [4.78, 5) is 0. The summed E-state index contributed by atoms with van der Waals surface area (Å²) in [5.74, 6) is 0. The average molecular weight is 242 g/mol. The van der Waals surface area contributed by atoms with Crippen LogP contribution in [0.25, 0.3) is 0 Å². The molecule has 0 spiro atoms. The van der Waals surface area contributed by atoms with Crippen LogP contribution in [0.15, 0.2) is 42.5 Å². The summed E-state index contributed by atoms with van der Waals surface area (Å²) in [6.45, 7) is 2.84. The summed E-state index contributed by atoms with van der Waals surface area (Å²) in [6.07, 6.45) is 0. The summed E-state index contributed by atoms with van der Waals surface area (Å²) in [6, 6.07) is 13.8. The van der Waals surface area contributed by atoms with Gasteiger partial charge in [0.2, 0.25) is 0 Å². The maximum Gasteiger partial charge on any atom is 0.0681 e. The molecule has 2 rings (SSSR count). The largest absolute Gasteiger partial charge is 0.397 e. The second-order valence-electron chi connectivity index (χ2n) is 4.37. The molecule has 0 heterocycles. The fourth-order valence-electron chi connectivity index (χ4n) is 1.88. The van der Waals surface area contributed by atoms with Gasteiger partial charge in [0, 0.05) is 6.54 Å². The molecular weight excluding hydrogens is 224 g/mol. The number of anilines is 2. The Hall–Kier alpha value is -2.00. The van der Waals surface area contributed by atoms with Crippen LogP contribution in [0.2, 0.25) is 0 Å². The number of rotatable bonds is 4. The van der Waals surface area contributed by atoms with Gasteiger partial charge in [-0.1, -0.05) is 36.4 Å². The van der Waals surface area contributed by atoms with Gasteiger partial charge in [-0.2, -0.15) is 0 Å². The van der Waals surface area contributed by atoms with Crippen LogP contribution in [-0.4, -0.2) is 5.11 Å². The van der Waals surface area contributed by atoms with E-state index in [0.717, 1.165) is 34.6 Å². The lowest BCUT2D eigenvalue weighted by molar-refractivity contribution is 0.282. The lowest BCUT2D eigenvalue weighted by Gasteiger charge is -2.12. The van der Waals surface area contributed by atoms with E-state index in [4.69, 9.17) is 10.8 Å². The number of aliphatic hydroxyl groups is 1. The fraction of sp³-hybridized carbons (Fsp3) is 0.200. The molecular formula is C15H18N2O. The minimum Gasteiger partial charge on any atom is -0.397 e. The van der Waals surface area contributed by atoms with Crippen molar-refractivity contribution in [2.24, 2.45) is 0 Å². The van der Waals surface area contributed by atoms with E-state index >= 15 is 0 Å². The SMILES string of the molecule is Cc1cccc(N)c1NCc1ccc(CO)cc1. The van der Waals surface area contributed by atoms with Crippen LogP contribution < -0.4 is 11.1 Å². The first-order chi connectivity index (χ1) is 8.70. The van der Waals surface area contributed by atoms with Crippen molar-refractivity contribution in [2.75, 3.05) is 11.1 Å². The van der Waals surface area contributed by atoms with E-state index in [9.17, 15) is 0 Å². The van der Waals surface area contributed by atoms with Gasteiger partial charge in [0.15, 0.2) is 0 Å². The molecule has 94 valence electrons. The molecule has 0 saturated heterocycles. The van der Waals surface area contributed by atoms with Crippen molar-refractivity contribution in [1.29, 1.82) is 0 Å². The molecule has 0 aliphatic carbocycles. The van der Waals surface area contributed by atoms with E-state index in [1.807, 2.05) is 49.4 Å². The van der Waals surface area contributed by atoms with E-state index in [1.165, 1.54) is 0 Å². The minimum atomic E-state index is 0.0818. The van der Waals surface area contributed by atoms with Crippen LogP contribution in [0.3, 0.4) is 0 Å². The number of nitrogens with one attached hydrogen (secondary N) is 1. The molecule has 2 aromatic rings. The molecule has 18 heavy (non-hydrogen) atoms. The molecule has 0 amide bonds. The van der Waals surface area contributed by atoms with E-state index in [1.54, 1.807) is 0 Å². The number of aryl methyl sites for hydroxylation is 1. The second-order valence-corrected chi connectivity index (χ2v) is 4.37. The Kier molecular flexibility index (Phi) is 3.85. The number of hydrogen-bond acceptors (Lipinski definition) is 3. The molecule has 4 N–H and O–H groups in total. The molecule has 2 aromatic carbocycles. The molecule has 0 saturated carbocycles. The van der Waals surface area contributed by atoms with Crippen molar-refractivity contribution in [3.63, 3.8) is 0 Å². The van der Waals surface area contributed by atoms with Gasteiger partial charge in [0.05, 0.1) is 18.0 Å². The quantitative estimate of drug-likeness (QED) is 0.722. The molecule has 0 aliphatic rings. The molecule has 0 bridgehead atoms. The molecule has 0 aromatic heterocycles. The highest BCUT2D eigenvalue weighted by atomic mass is 16.3. The lowest BCUT2D eigenvalue weighted by Crippen LogP contribution is -2.04. The van der Waals surface area contributed by atoms with Crippen LogP contribution in [0.4, 0.5) is 11.4 Å². The Labute approximate surface area is 107 Å². The first kappa shape index (κ1) is 12.5. The van der Waals surface area contributed by atoms with Crippen molar-refractivity contribution in [3.8, 4) is 0 Å². The van der Waals surface area contributed by atoms with Gasteiger partial charge in [-0.3, -0.25) is 0 Å². The number of para-hydroxylation sites is 1. The maximum absolute atomic E-state index is 8.98. The zero-order valence-electron chi connectivity index (χ0n) is 10.5. The van der Waals surface area contributed by atoms with Gasteiger partial charge in [-0.25, -0.2) is 0 Å². The summed E-state index contributed by atoms with van der Waals surface area (Å²) in [7, 11) is 0. The average Bonchev–Trinajstić information content (AvgIpc) is 2.39. The zero-order chi connectivity index (χ0) is 13.0. The molecule has 0 aliphatic heterocycles. The number of nitrogen functional groups attached to an aromatic ring is 1. The Morgan fingerprint density at radius 1 is 1.06 bits per heavy atom. The van der Waals surface area contributed by atoms with Gasteiger partial charge in [0.1, 0.15) is 0 Å². The van der Waals surface area contributed by atoms with E-state index < -0.39 is 0 Å². The molecule has 0 atom stereocenters. The Morgan fingerprint density at radius 3 is 2.33 bits per heavy atom. The standard InChI is InChI=1S/C15H18N2O/c1-11-3-2-4-14(16)15(11)17-9-12-5-7-13(10-18)8-6-12/h2-8,17-18H,9-10,16H2,1H3. The molecule has 3 heteroatoms. The first-order valence-electron chi connectivity index (χ1n) is 5.98. The van der Waals surface area contributed by atoms with Crippen LogP contribution in [0.5, 0.6) is 0 Å². The number of hydrogen-bond donors (Lipinski definition) is 3. The summed E-state index contributed by atoms with van der Waals surface area (Å²) in [5.41, 5.74) is 10.9. The van der Waals surface area contributed by atoms with E-state index in [-0.39, 0.29) is 6.61 Å². The van der Waals surface area contributed by atoms with Crippen molar-refractivity contribution >= 4 is 11.4 Å². The number of benzene rings is 2. The third-order valence-electron chi connectivity index (χ3n) is 2.98. The molecule has 0 fully saturated rings. The Morgan fingerprint density at radius 2 is 1.72 bits per heavy atom. The maximum atomic E-state index is 8.98. The third-order valence-corrected chi connectivity index (χ3v) is 2.98. The van der Waals surface area contributed by atoms with Crippen LogP contribution in [-0.2, 0) is 13.2 Å². The number of aliphatic hydroxyl groups excluding tert-OH is 1. The highest BCUT2D eigenvalue weighted by molar-refractivity contribution is 5.69. The summed E-state index contributed by atoms with van der Waals surface area (Å²) in [5, 5.41) is 12.3. The van der Waals surface area contributed by atoms with Crippen LogP contribution in [0.1, 0.15) is 16.7 Å². The summed E-state index contributed by atoms with van der Waals surface area (Å²) < 4.78 is 0. The van der Waals surface area contributed by atoms with Gasteiger partial charge < -0.3 is 16.2 Å². The van der Waals surface area contributed by atoms with E-state index in [2.05, 4.69) is 5.32 Å². The highest BCUT2D eigenvalue weighted by Gasteiger charge is 2.02. The van der Waals surface area contributed by atoms with Crippen LogP contribution in [0, 0.1) is 6.92 Å². The summed E-state index contributed by atoms with van der Waals surface area (Å²) >= 11 is 0. The zero-order valence-corrected chi connectivity index (χ0v) is 10.5. The van der Waals surface area contributed by atoms with E-state index in [0.29, 0.717) is 0 Å². The molecule has 0 unspecified atom stereocenters. The van der Waals surface area contributed by atoms with Gasteiger partial charge >= 0.3 is 0 Å². The predicted molar refractivity (Wildman–Crippen MR) is 75.3 cm³/mol. The van der Waals surface area contributed by atoms with Gasteiger partial charge in [-0.05, 0) is 29.7 Å². The van der Waals surface area contributed by atoms with Crippen LogP contribution >= 0.6 is 0 Å². The monoisotopic (exact) mass is 242 g/mol. The molecule has 3 nitrogen and oxygen atoms in total. The molecule has 0 radical (unpaired) electrons. The first-order valence-corrected chi connectivity index (χ1v) is 5.98. The normalized spacial score (nSPS) is 10.3. The fourth-order valence-corrected chi connectivity index (χ4v) is 1.88. The van der Waals surface area contributed by atoms with Gasteiger partial charge in [0.25, 0.3) is 0 Å². The van der Waals surface area contributed by atoms with Crippen molar-refractivity contribution in [2.45, 2.75) is 20.1 Å². The topological polar surface area (TPSA) is 58.3 Å². The Bertz CT molecular complexity index is 500. The van der Waals surface area contributed by atoms with Crippen molar-refractivity contribution in [1.82, 2.24) is 0 Å². The number of nitrogens with two attached hydrogens (primary N) is 1.